The predicted octanol–water partition coefficient (Wildman–Crippen LogP) is 2.31. The van der Waals surface area contributed by atoms with Gasteiger partial charge >= 0.3 is 0 Å². The van der Waals surface area contributed by atoms with Gasteiger partial charge in [0.2, 0.25) is 5.91 Å². The van der Waals surface area contributed by atoms with Crippen LogP contribution in [-0.2, 0) is 4.79 Å². The molecule has 1 aromatic rings. The maximum atomic E-state index is 12.4. The molecule has 0 saturated heterocycles. The molecule has 1 amide bonds. The van der Waals surface area contributed by atoms with E-state index in [9.17, 15) is 14.9 Å². The monoisotopic (exact) mass is 295 g/mol. The van der Waals surface area contributed by atoms with E-state index in [1.54, 1.807) is 0 Å². The zero-order valence-corrected chi connectivity index (χ0v) is 12.5. The summed E-state index contributed by atoms with van der Waals surface area (Å²) in [6.45, 7) is 4.05. The molecule has 0 bridgehead atoms. The quantitative estimate of drug-likeness (QED) is 0.593. The Morgan fingerprint density at radius 2 is 2.05 bits per heavy atom. The SMILES string of the molecule is CCC(CC)(CN)C(=O)Nc1ccc([N+](=O)[O-])cc1OC. The van der Waals surface area contributed by atoms with Crippen molar-refractivity contribution in [1.82, 2.24) is 0 Å². The zero-order valence-electron chi connectivity index (χ0n) is 12.5. The molecule has 0 heterocycles. The second-order valence-electron chi connectivity index (χ2n) is 4.79. The van der Waals surface area contributed by atoms with Gasteiger partial charge in [-0.3, -0.25) is 14.9 Å². The number of non-ortho nitro benzene ring substituents is 1. The van der Waals surface area contributed by atoms with Gasteiger partial charge < -0.3 is 15.8 Å². The molecule has 7 nitrogen and oxygen atoms in total. The Kier molecular flexibility index (Phi) is 5.66. The van der Waals surface area contributed by atoms with Gasteiger partial charge in [0.15, 0.2) is 0 Å². The number of benzene rings is 1. The summed E-state index contributed by atoms with van der Waals surface area (Å²) in [6.07, 6.45) is 1.22. The van der Waals surface area contributed by atoms with E-state index in [0.29, 0.717) is 18.5 Å². The summed E-state index contributed by atoms with van der Waals surface area (Å²) in [5.74, 6) is 0.0397. The van der Waals surface area contributed by atoms with Gasteiger partial charge in [-0.05, 0) is 18.9 Å². The molecule has 0 unspecified atom stereocenters. The third-order valence-electron chi connectivity index (χ3n) is 3.87. The van der Waals surface area contributed by atoms with Gasteiger partial charge in [0.05, 0.1) is 29.2 Å². The number of nitro groups is 1. The fraction of sp³-hybridized carbons (Fsp3) is 0.500. The molecule has 0 fully saturated rings. The van der Waals surface area contributed by atoms with Crippen LogP contribution >= 0.6 is 0 Å². The topological polar surface area (TPSA) is 107 Å². The number of rotatable bonds is 7. The number of hydrogen-bond donors (Lipinski definition) is 2. The van der Waals surface area contributed by atoms with E-state index >= 15 is 0 Å². The van der Waals surface area contributed by atoms with E-state index in [4.69, 9.17) is 10.5 Å². The van der Waals surface area contributed by atoms with Gasteiger partial charge in [0.1, 0.15) is 5.75 Å². The lowest BCUT2D eigenvalue weighted by Gasteiger charge is -2.28. The Bertz CT molecular complexity index is 519. The van der Waals surface area contributed by atoms with Crippen molar-refractivity contribution in [3.05, 3.63) is 28.3 Å². The predicted molar refractivity (Wildman–Crippen MR) is 80.3 cm³/mol. The van der Waals surface area contributed by atoms with Gasteiger partial charge in [0, 0.05) is 12.6 Å². The lowest BCUT2D eigenvalue weighted by Crippen LogP contribution is -2.41. The lowest BCUT2D eigenvalue weighted by molar-refractivity contribution is -0.384. The van der Waals surface area contributed by atoms with Crippen LogP contribution in [0, 0.1) is 15.5 Å². The van der Waals surface area contributed by atoms with Crippen molar-refractivity contribution in [2.75, 3.05) is 19.0 Å². The van der Waals surface area contributed by atoms with Crippen molar-refractivity contribution in [3.8, 4) is 5.75 Å². The Morgan fingerprint density at radius 3 is 2.48 bits per heavy atom. The van der Waals surface area contributed by atoms with Crippen LogP contribution in [0.4, 0.5) is 11.4 Å². The first-order chi connectivity index (χ1) is 9.93. The van der Waals surface area contributed by atoms with Gasteiger partial charge in [-0.1, -0.05) is 13.8 Å². The normalized spacial score (nSPS) is 11.0. The van der Waals surface area contributed by atoms with Crippen molar-refractivity contribution >= 4 is 17.3 Å². The molecule has 0 aliphatic heterocycles. The molecule has 0 aliphatic carbocycles. The second-order valence-corrected chi connectivity index (χ2v) is 4.79. The number of anilines is 1. The smallest absolute Gasteiger partial charge is 0.273 e. The lowest BCUT2D eigenvalue weighted by atomic mass is 9.81. The fourth-order valence-corrected chi connectivity index (χ4v) is 2.10. The summed E-state index contributed by atoms with van der Waals surface area (Å²) in [6, 6.07) is 4.05. The molecule has 3 N–H and O–H groups in total. The Hall–Kier alpha value is -2.15. The van der Waals surface area contributed by atoms with Crippen LogP contribution in [0.2, 0.25) is 0 Å². The van der Waals surface area contributed by atoms with Gasteiger partial charge in [-0.2, -0.15) is 0 Å². The molecule has 0 atom stereocenters. The number of nitrogens with zero attached hydrogens (tertiary/aromatic N) is 1. The molecule has 0 aromatic heterocycles. The highest BCUT2D eigenvalue weighted by Crippen LogP contribution is 2.32. The van der Waals surface area contributed by atoms with E-state index in [0.717, 1.165) is 0 Å². The number of nitrogens with one attached hydrogen (secondary N) is 1. The molecule has 0 aliphatic rings. The number of nitro benzene ring substituents is 1. The summed E-state index contributed by atoms with van der Waals surface area (Å²) in [4.78, 5) is 22.7. The van der Waals surface area contributed by atoms with Crippen LogP contribution in [0.1, 0.15) is 26.7 Å². The van der Waals surface area contributed by atoms with Crippen molar-refractivity contribution < 1.29 is 14.5 Å². The summed E-state index contributed by atoms with van der Waals surface area (Å²) in [5, 5.41) is 13.5. The van der Waals surface area contributed by atoms with E-state index in [-0.39, 0.29) is 23.9 Å². The molecule has 0 radical (unpaired) electrons. The number of hydrogen-bond acceptors (Lipinski definition) is 5. The standard InChI is InChI=1S/C14H21N3O4/c1-4-14(5-2,9-15)13(18)16-11-7-6-10(17(19)20)8-12(11)21-3/h6-8H,4-5,9,15H2,1-3H3,(H,16,18). The molecule has 0 spiro atoms. The van der Waals surface area contributed by atoms with Gasteiger partial charge in [-0.25, -0.2) is 0 Å². The third kappa shape index (κ3) is 3.49. The van der Waals surface area contributed by atoms with Crippen LogP contribution in [0.15, 0.2) is 18.2 Å². The summed E-state index contributed by atoms with van der Waals surface area (Å²) in [5.41, 5.74) is 5.39. The molecular weight excluding hydrogens is 274 g/mol. The van der Waals surface area contributed by atoms with Crippen LogP contribution in [0.25, 0.3) is 0 Å². The van der Waals surface area contributed by atoms with Gasteiger partial charge in [0.25, 0.3) is 5.69 Å². The molecule has 7 heteroatoms. The Labute approximate surface area is 123 Å². The van der Waals surface area contributed by atoms with Crippen LogP contribution < -0.4 is 15.8 Å². The average molecular weight is 295 g/mol. The van der Waals surface area contributed by atoms with E-state index in [2.05, 4.69) is 5.32 Å². The number of ether oxygens (including phenoxy) is 1. The molecule has 1 aromatic carbocycles. The molecule has 1 rings (SSSR count). The maximum absolute atomic E-state index is 12.4. The van der Waals surface area contributed by atoms with E-state index in [1.165, 1.54) is 25.3 Å². The Morgan fingerprint density at radius 1 is 1.43 bits per heavy atom. The second kappa shape index (κ2) is 7.03. The summed E-state index contributed by atoms with van der Waals surface area (Å²) in [7, 11) is 1.39. The highest BCUT2D eigenvalue weighted by atomic mass is 16.6. The number of methoxy groups -OCH3 is 1. The van der Waals surface area contributed by atoms with Crippen molar-refractivity contribution in [2.24, 2.45) is 11.1 Å². The first-order valence-electron chi connectivity index (χ1n) is 6.78. The molecular formula is C14H21N3O4. The van der Waals surface area contributed by atoms with Crippen LogP contribution in [-0.4, -0.2) is 24.5 Å². The van der Waals surface area contributed by atoms with E-state index < -0.39 is 10.3 Å². The maximum Gasteiger partial charge on any atom is 0.273 e. The minimum absolute atomic E-state index is 0.0964. The fourth-order valence-electron chi connectivity index (χ4n) is 2.10. The molecule has 21 heavy (non-hydrogen) atoms. The van der Waals surface area contributed by atoms with Crippen LogP contribution in [0.3, 0.4) is 0 Å². The summed E-state index contributed by atoms with van der Waals surface area (Å²) < 4.78 is 5.10. The first kappa shape index (κ1) is 16.9. The summed E-state index contributed by atoms with van der Waals surface area (Å²) >= 11 is 0. The van der Waals surface area contributed by atoms with Crippen LogP contribution in [0.5, 0.6) is 5.75 Å². The van der Waals surface area contributed by atoms with Crippen molar-refractivity contribution in [2.45, 2.75) is 26.7 Å². The van der Waals surface area contributed by atoms with Crippen molar-refractivity contribution in [1.29, 1.82) is 0 Å². The number of nitrogens with two attached hydrogens (primary N) is 1. The number of amides is 1. The Balaban J connectivity index is 3.07. The van der Waals surface area contributed by atoms with E-state index in [1.807, 2.05) is 13.8 Å². The number of carbonyl (C=O) groups is 1. The molecule has 0 saturated carbocycles. The zero-order chi connectivity index (χ0) is 16.0. The van der Waals surface area contributed by atoms with Gasteiger partial charge in [-0.15, -0.1) is 0 Å². The first-order valence-corrected chi connectivity index (χ1v) is 6.78. The largest absolute Gasteiger partial charge is 0.494 e. The molecule has 116 valence electrons. The highest BCUT2D eigenvalue weighted by molar-refractivity contribution is 5.96. The minimum atomic E-state index is -0.646. The average Bonchev–Trinajstić information content (AvgIpc) is 2.49. The minimum Gasteiger partial charge on any atom is -0.494 e. The highest BCUT2D eigenvalue weighted by Gasteiger charge is 2.33. The van der Waals surface area contributed by atoms with Crippen molar-refractivity contribution in [3.63, 3.8) is 0 Å². The third-order valence-corrected chi connectivity index (χ3v) is 3.87. The number of carbonyl (C=O) groups excluding carboxylic acids is 1.